The van der Waals surface area contributed by atoms with Crippen LogP contribution in [0.15, 0.2) is 30.7 Å². The third kappa shape index (κ3) is 4.28. The predicted molar refractivity (Wildman–Crippen MR) is 130 cm³/mol. The van der Waals surface area contributed by atoms with Crippen molar-refractivity contribution < 1.29 is 4.79 Å². The van der Waals surface area contributed by atoms with Gasteiger partial charge in [0, 0.05) is 38.4 Å². The number of carbonyl (C=O) groups excluding carboxylic acids is 1. The molecule has 2 fully saturated rings. The topological polar surface area (TPSA) is 74.2 Å². The Hall–Kier alpha value is -2.74. The molecule has 0 spiro atoms. The fourth-order valence-electron chi connectivity index (χ4n) is 4.87. The van der Waals surface area contributed by atoms with Gasteiger partial charge in [0.2, 0.25) is 0 Å². The van der Waals surface area contributed by atoms with E-state index in [-0.39, 0.29) is 5.91 Å². The molecule has 0 unspecified atom stereocenters. The summed E-state index contributed by atoms with van der Waals surface area (Å²) in [7, 11) is 0. The quantitative estimate of drug-likeness (QED) is 0.601. The first-order chi connectivity index (χ1) is 15.7. The van der Waals surface area contributed by atoms with Crippen molar-refractivity contribution in [1.29, 1.82) is 0 Å². The second-order valence-electron chi connectivity index (χ2n) is 8.76. The number of fused-ring (bicyclic) bond motifs is 1. The number of thiophene rings is 1. The van der Waals surface area contributed by atoms with Crippen molar-refractivity contribution in [2.24, 2.45) is 0 Å². The summed E-state index contributed by atoms with van der Waals surface area (Å²) in [5, 5.41) is 4.32. The minimum atomic E-state index is 0.0447. The Labute approximate surface area is 192 Å². The van der Waals surface area contributed by atoms with Crippen LogP contribution in [-0.4, -0.2) is 53.1 Å². The summed E-state index contributed by atoms with van der Waals surface area (Å²) in [5.41, 5.74) is 0.999. The van der Waals surface area contributed by atoms with E-state index < -0.39 is 0 Å². The van der Waals surface area contributed by atoms with Gasteiger partial charge in [-0.1, -0.05) is 31.7 Å². The molecule has 3 aromatic rings. The first-order valence-corrected chi connectivity index (χ1v) is 12.5. The van der Waals surface area contributed by atoms with Crippen molar-refractivity contribution in [2.45, 2.75) is 51.5 Å². The molecule has 1 saturated carbocycles. The second kappa shape index (κ2) is 9.40. The fourth-order valence-corrected chi connectivity index (χ4v) is 5.92. The zero-order chi connectivity index (χ0) is 21.9. The molecule has 1 aliphatic heterocycles. The smallest absolute Gasteiger partial charge is 0.261 e. The Kier molecular flexibility index (Phi) is 6.21. The highest BCUT2D eigenvalue weighted by molar-refractivity contribution is 7.20. The lowest BCUT2D eigenvalue weighted by Crippen LogP contribution is -2.47. The number of pyridine rings is 1. The fraction of sp³-hybridized carbons (Fsp3) is 0.500. The molecule has 1 N–H and O–H groups in total. The molecule has 4 heterocycles. The van der Waals surface area contributed by atoms with E-state index in [1.807, 2.05) is 25.3 Å². The summed E-state index contributed by atoms with van der Waals surface area (Å²) in [6.07, 6.45) is 10.6. The number of anilines is 2. The zero-order valence-corrected chi connectivity index (χ0v) is 19.4. The molecule has 0 radical (unpaired) electrons. The third-order valence-corrected chi connectivity index (χ3v) is 7.85. The van der Waals surface area contributed by atoms with E-state index in [1.165, 1.54) is 37.0 Å². The maximum atomic E-state index is 13.1. The number of nitrogens with one attached hydrogen (secondary N) is 1. The van der Waals surface area contributed by atoms with Crippen molar-refractivity contribution >= 4 is 39.1 Å². The maximum absolute atomic E-state index is 13.1. The van der Waals surface area contributed by atoms with E-state index in [0.29, 0.717) is 6.04 Å². The Morgan fingerprint density at radius 1 is 1.00 bits per heavy atom. The van der Waals surface area contributed by atoms with Crippen LogP contribution in [0, 0.1) is 6.92 Å². The van der Waals surface area contributed by atoms with E-state index in [0.717, 1.165) is 71.3 Å². The summed E-state index contributed by atoms with van der Waals surface area (Å²) >= 11 is 1.49. The SMILES string of the molecule is Cc1c(C(=O)NC2CCCCCC2)sc2ncnc(N3CCN(c4ccccn4)CC3)c12. The lowest BCUT2D eigenvalue weighted by atomic mass is 10.1. The Bertz CT molecular complexity index is 1070. The predicted octanol–water partition coefficient (Wildman–Crippen LogP) is 4.17. The van der Waals surface area contributed by atoms with Crippen molar-refractivity contribution in [3.05, 3.63) is 41.2 Å². The molecular weight excluding hydrogens is 420 g/mol. The minimum absolute atomic E-state index is 0.0447. The average Bonchev–Trinajstić information content (AvgIpc) is 2.99. The largest absolute Gasteiger partial charge is 0.353 e. The monoisotopic (exact) mass is 450 g/mol. The molecule has 7 nitrogen and oxygen atoms in total. The van der Waals surface area contributed by atoms with Crippen LogP contribution in [0.3, 0.4) is 0 Å². The number of hydrogen-bond acceptors (Lipinski definition) is 7. The number of nitrogens with zero attached hydrogens (tertiary/aromatic N) is 5. The molecule has 1 saturated heterocycles. The molecule has 2 aliphatic rings. The van der Waals surface area contributed by atoms with Gasteiger partial charge in [-0.3, -0.25) is 4.79 Å². The number of aromatic nitrogens is 3. The summed E-state index contributed by atoms with van der Waals surface area (Å²) in [6, 6.07) is 6.32. The van der Waals surface area contributed by atoms with Crippen LogP contribution in [0.2, 0.25) is 0 Å². The van der Waals surface area contributed by atoms with E-state index in [4.69, 9.17) is 0 Å². The minimum Gasteiger partial charge on any atom is -0.353 e. The molecule has 3 aromatic heterocycles. The standard InChI is InChI=1S/C24H30N6OS/c1-17-20-22(30-14-12-29(13-15-30)19-10-6-7-11-25-19)26-16-27-24(20)32-21(17)23(31)28-18-8-4-2-3-5-9-18/h6-7,10-11,16,18H,2-5,8-9,12-15H2,1H3,(H,28,31). The van der Waals surface area contributed by atoms with Gasteiger partial charge in [-0.2, -0.15) is 0 Å². The van der Waals surface area contributed by atoms with Gasteiger partial charge in [0.05, 0.1) is 10.3 Å². The number of rotatable bonds is 4. The van der Waals surface area contributed by atoms with Gasteiger partial charge in [0.15, 0.2) is 0 Å². The van der Waals surface area contributed by atoms with Crippen molar-refractivity contribution in [2.75, 3.05) is 36.0 Å². The van der Waals surface area contributed by atoms with Crippen LogP contribution >= 0.6 is 11.3 Å². The van der Waals surface area contributed by atoms with Crippen molar-refractivity contribution in [3.63, 3.8) is 0 Å². The third-order valence-electron chi connectivity index (χ3n) is 6.66. The summed E-state index contributed by atoms with van der Waals surface area (Å²) in [5.74, 6) is 2.01. The van der Waals surface area contributed by atoms with Gasteiger partial charge in [-0.15, -0.1) is 11.3 Å². The van der Waals surface area contributed by atoms with E-state index in [9.17, 15) is 4.79 Å². The van der Waals surface area contributed by atoms with Crippen LogP contribution < -0.4 is 15.1 Å². The highest BCUT2D eigenvalue weighted by Gasteiger charge is 2.26. The Balaban J connectivity index is 1.35. The molecule has 0 aromatic carbocycles. The van der Waals surface area contributed by atoms with Crippen LogP contribution in [0.5, 0.6) is 0 Å². The number of hydrogen-bond donors (Lipinski definition) is 1. The zero-order valence-electron chi connectivity index (χ0n) is 18.6. The lowest BCUT2D eigenvalue weighted by Gasteiger charge is -2.36. The van der Waals surface area contributed by atoms with Gasteiger partial charge in [0.25, 0.3) is 5.91 Å². The molecule has 5 rings (SSSR count). The van der Waals surface area contributed by atoms with Gasteiger partial charge >= 0.3 is 0 Å². The molecule has 1 amide bonds. The Morgan fingerprint density at radius 2 is 1.75 bits per heavy atom. The molecule has 8 heteroatoms. The van der Waals surface area contributed by atoms with Crippen LogP contribution in [0.1, 0.15) is 53.8 Å². The second-order valence-corrected chi connectivity index (χ2v) is 9.76. The lowest BCUT2D eigenvalue weighted by molar-refractivity contribution is 0.0937. The molecule has 1 aliphatic carbocycles. The molecule has 0 bridgehead atoms. The maximum Gasteiger partial charge on any atom is 0.261 e. The van der Waals surface area contributed by atoms with Gasteiger partial charge < -0.3 is 15.1 Å². The molecule has 0 atom stereocenters. The first kappa shape index (κ1) is 21.1. The number of aryl methyl sites for hydroxylation is 1. The van der Waals surface area contributed by atoms with Crippen molar-refractivity contribution in [1.82, 2.24) is 20.3 Å². The van der Waals surface area contributed by atoms with E-state index in [2.05, 4.69) is 36.1 Å². The Morgan fingerprint density at radius 3 is 2.47 bits per heavy atom. The van der Waals surface area contributed by atoms with Gasteiger partial charge in [-0.05, 0) is 37.5 Å². The highest BCUT2D eigenvalue weighted by atomic mass is 32.1. The average molecular weight is 451 g/mol. The van der Waals surface area contributed by atoms with Crippen LogP contribution in [0.4, 0.5) is 11.6 Å². The summed E-state index contributed by atoms with van der Waals surface area (Å²) < 4.78 is 0. The van der Waals surface area contributed by atoms with Gasteiger partial charge in [0.1, 0.15) is 22.8 Å². The van der Waals surface area contributed by atoms with Crippen LogP contribution in [0.25, 0.3) is 10.2 Å². The molecule has 168 valence electrons. The first-order valence-electron chi connectivity index (χ1n) is 11.7. The highest BCUT2D eigenvalue weighted by Crippen LogP contribution is 2.35. The normalized spacial score (nSPS) is 18.0. The van der Waals surface area contributed by atoms with E-state index >= 15 is 0 Å². The number of carbonyl (C=O) groups is 1. The number of amides is 1. The van der Waals surface area contributed by atoms with Gasteiger partial charge in [-0.25, -0.2) is 15.0 Å². The summed E-state index contributed by atoms with van der Waals surface area (Å²) in [6.45, 7) is 5.54. The van der Waals surface area contributed by atoms with E-state index in [1.54, 1.807) is 6.33 Å². The number of piperazine rings is 1. The molecular formula is C24H30N6OS. The van der Waals surface area contributed by atoms with Crippen LogP contribution in [-0.2, 0) is 0 Å². The molecule has 32 heavy (non-hydrogen) atoms. The summed E-state index contributed by atoms with van der Waals surface area (Å²) in [4.78, 5) is 33.0. The van der Waals surface area contributed by atoms with Crippen molar-refractivity contribution in [3.8, 4) is 0 Å².